The van der Waals surface area contributed by atoms with Gasteiger partial charge in [0.05, 0.1) is 17.9 Å². The number of benzene rings is 2. The Labute approximate surface area is 117 Å². The third-order valence-corrected chi connectivity index (χ3v) is 2.65. The topological polar surface area (TPSA) is 87.6 Å². The van der Waals surface area contributed by atoms with E-state index in [4.69, 9.17) is 20.9 Å². The van der Waals surface area contributed by atoms with E-state index < -0.39 is 5.91 Å². The Kier molecular flexibility index (Phi) is 4.10. The molecule has 0 saturated carbocycles. The van der Waals surface area contributed by atoms with E-state index >= 15 is 0 Å². The quantitative estimate of drug-likeness (QED) is 0.819. The number of primary amides is 1. The molecular formula is C15H16N2O3. The van der Waals surface area contributed by atoms with E-state index in [1.165, 1.54) is 0 Å². The first-order chi connectivity index (χ1) is 9.61. The Balaban J connectivity index is 2.34. The minimum Gasteiger partial charge on any atom is -0.494 e. The van der Waals surface area contributed by atoms with Gasteiger partial charge in [0, 0.05) is 6.07 Å². The Morgan fingerprint density at radius 2 is 1.85 bits per heavy atom. The molecule has 0 bridgehead atoms. The van der Waals surface area contributed by atoms with Gasteiger partial charge in [-0.3, -0.25) is 4.79 Å². The minimum absolute atomic E-state index is 0.242. The van der Waals surface area contributed by atoms with Gasteiger partial charge in [-0.2, -0.15) is 0 Å². The molecule has 0 unspecified atom stereocenters. The number of nitrogen functional groups attached to an aromatic ring is 1. The average Bonchev–Trinajstić information content (AvgIpc) is 2.41. The summed E-state index contributed by atoms with van der Waals surface area (Å²) in [4.78, 5) is 11.4. The standard InChI is InChI=1S/C15H16N2O3/c1-2-19-10-5-3-6-11(9-10)20-14-12(15(17)18)7-4-8-13(14)16/h3-9H,2,16H2,1H3,(H2,17,18). The van der Waals surface area contributed by atoms with Crippen LogP contribution in [0.1, 0.15) is 17.3 Å². The molecule has 104 valence electrons. The molecule has 0 aliphatic heterocycles. The summed E-state index contributed by atoms with van der Waals surface area (Å²) in [5.41, 5.74) is 11.7. The molecule has 0 fully saturated rings. The highest BCUT2D eigenvalue weighted by atomic mass is 16.5. The highest BCUT2D eigenvalue weighted by Crippen LogP contribution is 2.32. The molecule has 2 aromatic carbocycles. The van der Waals surface area contributed by atoms with Crippen LogP contribution in [0.25, 0.3) is 0 Å². The number of ether oxygens (including phenoxy) is 2. The summed E-state index contributed by atoms with van der Waals surface area (Å²) < 4.78 is 11.1. The maximum atomic E-state index is 11.4. The zero-order valence-corrected chi connectivity index (χ0v) is 11.1. The van der Waals surface area contributed by atoms with Gasteiger partial charge in [-0.1, -0.05) is 12.1 Å². The van der Waals surface area contributed by atoms with Crippen LogP contribution in [0.2, 0.25) is 0 Å². The van der Waals surface area contributed by atoms with E-state index in [1.807, 2.05) is 13.0 Å². The van der Waals surface area contributed by atoms with Crippen LogP contribution in [0.3, 0.4) is 0 Å². The molecule has 0 radical (unpaired) electrons. The molecule has 4 N–H and O–H groups in total. The van der Waals surface area contributed by atoms with Crippen LogP contribution in [0.4, 0.5) is 5.69 Å². The van der Waals surface area contributed by atoms with E-state index in [0.29, 0.717) is 23.8 Å². The van der Waals surface area contributed by atoms with Gasteiger partial charge in [0.1, 0.15) is 11.5 Å². The fourth-order valence-corrected chi connectivity index (χ4v) is 1.77. The molecule has 0 aromatic heterocycles. The summed E-state index contributed by atoms with van der Waals surface area (Å²) in [7, 11) is 0. The van der Waals surface area contributed by atoms with Gasteiger partial charge >= 0.3 is 0 Å². The van der Waals surface area contributed by atoms with Gasteiger partial charge in [-0.15, -0.1) is 0 Å². The van der Waals surface area contributed by atoms with E-state index in [-0.39, 0.29) is 11.3 Å². The number of carbonyl (C=O) groups excluding carboxylic acids is 1. The number of amides is 1. The van der Waals surface area contributed by atoms with Crippen molar-refractivity contribution in [2.45, 2.75) is 6.92 Å². The number of nitrogens with two attached hydrogens (primary N) is 2. The van der Waals surface area contributed by atoms with Crippen LogP contribution < -0.4 is 20.9 Å². The van der Waals surface area contributed by atoms with Crippen molar-refractivity contribution in [3.63, 3.8) is 0 Å². The zero-order valence-electron chi connectivity index (χ0n) is 11.1. The molecule has 0 saturated heterocycles. The maximum absolute atomic E-state index is 11.4. The molecule has 5 nitrogen and oxygen atoms in total. The highest BCUT2D eigenvalue weighted by molar-refractivity contribution is 5.97. The smallest absolute Gasteiger partial charge is 0.252 e. The monoisotopic (exact) mass is 272 g/mol. The third kappa shape index (κ3) is 3.00. The summed E-state index contributed by atoms with van der Waals surface area (Å²) in [5.74, 6) is 0.874. The molecule has 0 atom stereocenters. The van der Waals surface area contributed by atoms with E-state index in [1.54, 1.807) is 36.4 Å². The lowest BCUT2D eigenvalue weighted by Gasteiger charge is -2.12. The largest absolute Gasteiger partial charge is 0.494 e. The van der Waals surface area contributed by atoms with Crippen molar-refractivity contribution in [1.82, 2.24) is 0 Å². The molecule has 0 aliphatic rings. The summed E-state index contributed by atoms with van der Waals surface area (Å²) in [6.45, 7) is 2.46. The normalized spacial score (nSPS) is 10.1. The molecule has 5 heteroatoms. The number of carbonyl (C=O) groups is 1. The van der Waals surface area contributed by atoms with Crippen molar-refractivity contribution in [3.8, 4) is 17.2 Å². The molecule has 2 rings (SSSR count). The second-order valence-electron chi connectivity index (χ2n) is 4.10. The van der Waals surface area contributed by atoms with Crippen LogP contribution >= 0.6 is 0 Å². The zero-order chi connectivity index (χ0) is 14.5. The second kappa shape index (κ2) is 5.97. The maximum Gasteiger partial charge on any atom is 0.252 e. The van der Waals surface area contributed by atoms with Gasteiger partial charge in [0.15, 0.2) is 5.75 Å². The van der Waals surface area contributed by atoms with E-state index in [9.17, 15) is 4.79 Å². The summed E-state index contributed by atoms with van der Waals surface area (Å²) in [6.07, 6.45) is 0. The Morgan fingerprint density at radius 3 is 2.55 bits per heavy atom. The van der Waals surface area contributed by atoms with Gasteiger partial charge in [0.25, 0.3) is 5.91 Å². The first-order valence-corrected chi connectivity index (χ1v) is 6.21. The molecule has 1 amide bonds. The minimum atomic E-state index is -0.590. The van der Waals surface area contributed by atoms with Crippen molar-refractivity contribution >= 4 is 11.6 Å². The number of rotatable bonds is 5. The molecule has 0 heterocycles. The van der Waals surface area contributed by atoms with Crippen LogP contribution in [0, 0.1) is 0 Å². The van der Waals surface area contributed by atoms with Crippen LogP contribution in [-0.2, 0) is 0 Å². The number of para-hydroxylation sites is 1. The van der Waals surface area contributed by atoms with Crippen molar-refractivity contribution in [3.05, 3.63) is 48.0 Å². The van der Waals surface area contributed by atoms with Gasteiger partial charge in [-0.25, -0.2) is 0 Å². The molecular weight excluding hydrogens is 256 g/mol. The van der Waals surface area contributed by atoms with Crippen LogP contribution in [-0.4, -0.2) is 12.5 Å². The van der Waals surface area contributed by atoms with Crippen molar-refractivity contribution in [2.75, 3.05) is 12.3 Å². The third-order valence-electron chi connectivity index (χ3n) is 2.65. The first kappa shape index (κ1) is 13.7. The van der Waals surface area contributed by atoms with Crippen LogP contribution in [0.15, 0.2) is 42.5 Å². The fourth-order valence-electron chi connectivity index (χ4n) is 1.77. The van der Waals surface area contributed by atoms with E-state index in [0.717, 1.165) is 0 Å². The lowest BCUT2D eigenvalue weighted by atomic mass is 10.1. The summed E-state index contributed by atoms with van der Waals surface area (Å²) in [6, 6.07) is 12.0. The molecule has 0 aliphatic carbocycles. The molecule has 0 spiro atoms. The summed E-state index contributed by atoms with van der Waals surface area (Å²) >= 11 is 0. The number of hydrogen-bond acceptors (Lipinski definition) is 4. The Morgan fingerprint density at radius 1 is 1.15 bits per heavy atom. The average molecular weight is 272 g/mol. The molecule has 20 heavy (non-hydrogen) atoms. The highest BCUT2D eigenvalue weighted by Gasteiger charge is 2.13. The predicted molar refractivity (Wildman–Crippen MR) is 77.1 cm³/mol. The number of hydrogen-bond donors (Lipinski definition) is 2. The van der Waals surface area contributed by atoms with Gasteiger partial charge < -0.3 is 20.9 Å². The molecule has 2 aromatic rings. The van der Waals surface area contributed by atoms with E-state index in [2.05, 4.69) is 0 Å². The SMILES string of the molecule is CCOc1cccc(Oc2c(N)cccc2C(N)=O)c1. The second-order valence-corrected chi connectivity index (χ2v) is 4.10. The van der Waals surface area contributed by atoms with Crippen molar-refractivity contribution in [2.24, 2.45) is 5.73 Å². The predicted octanol–water partition coefficient (Wildman–Crippen LogP) is 2.56. The first-order valence-electron chi connectivity index (χ1n) is 6.21. The van der Waals surface area contributed by atoms with Gasteiger partial charge in [-0.05, 0) is 31.2 Å². The Bertz CT molecular complexity index is 626. The van der Waals surface area contributed by atoms with Crippen molar-refractivity contribution in [1.29, 1.82) is 0 Å². The lowest BCUT2D eigenvalue weighted by molar-refractivity contribution is 0.0998. The Hall–Kier alpha value is -2.69. The summed E-state index contributed by atoms with van der Waals surface area (Å²) in [5, 5.41) is 0. The van der Waals surface area contributed by atoms with Gasteiger partial charge in [0.2, 0.25) is 0 Å². The van der Waals surface area contributed by atoms with Crippen molar-refractivity contribution < 1.29 is 14.3 Å². The lowest BCUT2D eigenvalue weighted by Crippen LogP contribution is -2.13. The fraction of sp³-hybridized carbons (Fsp3) is 0.133. The number of anilines is 1. The van der Waals surface area contributed by atoms with Crippen LogP contribution in [0.5, 0.6) is 17.2 Å².